The van der Waals surface area contributed by atoms with Crippen molar-refractivity contribution in [3.63, 3.8) is 0 Å². The molecule has 4 bridgehead atoms. The highest BCUT2D eigenvalue weighted by atomic mass is 16.5. The van der Waals surface area contributed by atoms with E-state index < -0.39 is 11.9 Å². The van der Waals surface area contributed by atoms with Crippen molar-refractivity contribution in [2.45, 2.75) is 43.9 Å². The number of aromatic carboxylic acids is 1. The van der Waals surface area contributed by atoms with Crippen LogP contribution in [0.15, 0.2) is 36.4 Å². The van der Waals surface area contributed by atoms with Gasteiger partial charge in [-0.05, 0) is 92.7 Å². The van der Waals surface area contributed by atoms with Crippen molar-refractivity contribution in [2.24, 2.45) is 17.8 Å². The summed E-state index contributed by atoms with van der Waals surface area (Å²) in [5, 5.41) is 20.7. The second-order valence-corrected chi connectivity index (χ2v) is 9.46. The first-order chi connectivity index (χ1) is 14.9. The van der Waals surface area contributed by atoms with Gasteiger partial charge in [-0.15, -0.1) is 0 Å². The van der Waals surface area contributed by atoms with E-state index in [0.717, 1.165) is 19.3 Å². The number of rotatable bonds is 5. The van der Waals surface area contributed by atoms with Crippen LogP contribution in [-0.2, 0) is 5.41 Å². The Morgan fingerprint density at radius 1 is 0.935 bits per heavy atom. The minimum atomic E-state index is -1.18. The predicted octanol–water partition coefficient (Wildman–Crippen LogP) is 4.79. The average Bonchev–Trinajstić information content (AvgIpc) is 2.72. The fourth-order valence-corrected chi connectivity index (χ4v) is 6.65. The zero-order chi connectivity index (χ0) is 21.8. The molecule has 0 saturated heterocycles. The second kappa shape index (κ2) is 7.29. The molecular formula is C25H26O6. The van der Waals surface area contributed by atoms with Crippen molar-refractivity contribution in [3.8, 4) is 17.2 Å². The van der Waals surface area contributed by atoms with E-state index in [0.29, 0.717) is 34.6 Å². The monoisotopic (exact) mass is 422 g/mol. The molecule has 0 radical (unpaired) electrons. The van der Waals surface area contributed by atoms with Crippen molar-refractivity contribution in [2.75, 3.05) is 7.11 Å². The molecule has 2 aromatic rings. The molecule has 4 fully saturated rings. The first-order valence-electron chi connectivity index (χ1n) is 10.8. The first kappa shape index (κ1) is 19.9. The zero-order valence-electron chi connectivity index (χ0n) is 17.5. The van der Waals surface area contributed by atoms with E-state index in [4.69, 9.17) is 9.47 Å². The molecule has 31 heavy (non-hydrogen) atoms. The number of phenols is 1. The molecule has 0 aromatic heterocycles. The minimum Gasteiger partial charge on any atom is -0.507 e. The molecule has 0 aliphatic heterocycles. The van der Waals surface area contributed by atoms with Gasteiger partial charge in [-0.2, -0.15) is 0 Å². The van der Waals surface area contributed by atoms with Gasteiger partial charge in [0.25, 0.3) is 0 Å². The van der Waals surface area contributed by atoms with Crippen LogP contribution in [0.4, 0.5) is 0 Å². The maximum atomic E-state index is 12.9. The molecule has 0 spiro atoms. The lowest BCUT2D eigenvalue weighted by atomic mass is 9.48. The molecule has 162 valence electrons. The Balaban J connectivity index is 1.55. The fourth-order valence-electron chi connectivity index (χ4n) is 6.65. The largest absolute Gasteiger partial charge is 0.507 e. The topological polar surface area (TPSA) is 93.1 Å². The van der Waals surface area contributed by atoms with Crippen LogP contribution in [0.1, 0.15) is 64.8 Å². The number of esters is 1. The van der Waals surface area contributed by atoms with E-state index in [1.54, 1.807) is 31.4 Å². The number of carboxylic acid groups (broad SMARTS) is 1. The molecule has 4 saturated carbocycles. The van der Waals surface area contributed by atoms with Crippen LogP contribution in [0.3, 0.4) is 0 Å². The average molecular weight is 422 g/mol. The maximum absolute atomic E-state index is 12.9. The van der Waals surface area contributed by atoms with Crippen LogP contribution >= 0.6 is 0 Å². The number of carbonyl (C=O) groups is 2. The SMILES string of the molecule is COc1ccc(C(=O)Oc2ccc(C(=O)O)c(O)c2C23CC4CC(CC(C4)C2)C3)cc1. The van der Waals surface area contributed by atoms with Gasteiger partial charge in [0, 0.05) is 11.0 Å². The summed E-state index contributed by atoms with van der Waals surface area (Å²) in [6, 6.07) is 9.45. The highest BCUT2D eigenvalue weighted by Crippen LogP contribution is 2.63. The number of benzene rings is 2. The lowest BCUT2D eigenvalue weighted by Crippen LogP contribution is -2.48. The third-order valence-electron chi connectivity index (χ3n) is 7.47. The van der Waals surface area contributed by atoms with Gasteiger partial charge in [0.05, 0.1) is 12.7 Å². The van der Waals surface area contributed by atoms with Crippen LogP contribution < -0.4 is 9.47 Å². The highest BCUT2D eigenvalue weighted by molar-refractivity contribution is 5.94. The van der Waals surface area contributed by atoms with E-state index in [1.165, 1.54) is 31.4 Å². The Bertz CT molecular complexity index is 1000. The number of carboxylic acids is 1. The lowest BCUT2D eigenvalue weighted by molar-refractivity contribution is -0.00723. The maximum Gasteiger partial charge on any atom is 0.343 e. The molecule has 2 N–H and O–H groups in total. The predicted molar refractivity (Wildman–Crippen MR) is 113 cm³/mol. The van der Waals surface area contributed by atoms with Gasteiger partial charge in [-0.1, -0.05) is 0 Å². The summed E-state index contributed by atoms with van der Waals surface area (Å²) in [6.07, 6.45) is 6.34. The van der Waals surface area contributed by atoms with Crippen molar-refractivity contribution >= 4 is 11.9 Å². The molecule has 2 aromatic carbocycles. The Kier molecular flexibility index (Phi) is 4.68. The quantitative estimate of drug-likeness (QED) is 0.532. The Hall–Kier alpha value is -3.02. The van der Waals surface area contributed by atoms with Crippen molar-refractivity contribution in [3.05, 3.63) is 53.1 Å². The third kappa shape index (κ3) is 3.34. The van der Waals surface area contributed by atoms with Gasteiger partial charge in [-0.3, -0.25) is 0 Å². The van der Waals surface area contributed by atoms with E-state index >= 15 is 0 Å². The van der Waals surface area contributed by atoms with E-state index in [2.05, 4.69) is 0 Å². The number of aromatic hydroxyl groups is 1. The van der Waals surface area contributed by atoms with Gasteiger partial charge in [0.1, 0.15) is 22.8 Å². The van der Waals surface area contributed by atoms with Gasteiger partial charge < -0.3 is 19.7 Å². The van der Waals surface area contributed by atoms with Crippen LogP contribution in [0, 0.1) is 17.8 Å². The highest BCUT2D eigenvalue weighted by Gasteiger charge is 2.54. The number of hydrogen-bond donors (Lipinski definition) is 2. The molecule has 6 heteroatoms. The fraction of sp³-hybridized carbons (Fsp3) is 0.440. The second-order valence-electron chi connectivity index (χ2n) is 9.46. The summed E-state index contributed by atoms with van der Waals surface area (Å²) in [5.74, 6) is 0.680. The van der Waals surface area contributed by atoms with Crippen molar-refractivity contribution in [1.82, 2.24) is 0 Å². The molecule has 0 atom stereocenters. The molecule has 6 rings (SSSR count). The van der Waals surface area contributed by atoms with Gasteiger partial charge in [-0.25, -0.2) is 9.59 Å². The van der Waals surface area contributed by atoms with Gasteiger partial charge in [0.2, 0.25) is 0 Å². The third-order valence-corrected chi connectivity index (χ3v) is 7.47. The lowest BCUT2D eigenvalue weighted by Gasteiger charge is -2.57. The summed E-state index contributed by atoms with van der Waals surface area (Å²) in [5.41, 5.74) is 0.391. The molecule has 6 nitrogen and oxygen atoms in total. The zero-order valence-corrected chi connectivity index (χ0v) is 17.5. The molecule has 4 aliphatic carbocycles. The first-order valence-corrected chi connectivity index (χ1v) is 10.8. The van der Waals surface area contributed by atoms with E-state index in [1.807, 2.05) is 0 Å². The van der Waals surface area contributed by atoms with Crippen LogP contribution in [0.25, 0.3) is 0 Å². The van der Waals surface area contributed by atoms with Crippen LogP contribution in [0.2, 0.25) is 0 Å². The molecule has 0 heterocycles. The summed E-state index contributed by atoms with van der Waals surface area (Å²) in [7, 11) is 1.55. The Morgan fingerprint density at radius 3 is 2.03 bits per heavy atom. The van der Waals surface area contributed by atoms with Crippen LogP contribution in [-0.4, -0.2) is 29.3 Å². The number of carbonyl (C=O) groups excluding carboxylic acids is 1. The minimum absolute atomic E-state index is 0.144. The molecule has 0 amide bonds. The number of methoxy groups -OCH3 is 1. The number of ether oxygens (including phenoxy) is 2. The summed E-state index contributed by atoms with van der Waals surface area (Å²) >= 11 is 0. The van der Waals surface area contributed by atoms with E-state index in [-0.39, 0.29) is 22.5 Å². The van der Waals surface area contributed by atoms with Crippen LogP contribution in [0.5, 0.6) is 17.2 Å². The molecule has 4 aliphatic rings. The number of hydrogen-bond acceptors (Lipinski definition) is 5. The van der Waals surface area contributed by atoms with Gasteiger partial charge in [0.15, 0.2) is 0 Å². The summed E-state index contributed by atoms with van der Waals surface area (Å²) in [6.45, 7) is 0. The smallest absolute Gasteiger partial charge is 0.343 e. The van der Waals surface area contributed by atoms with E-state index in [9.17, 15) is 19.8 Å². The normalized spacial score (nSPS) is 28.4. The standard InChI is InChI=1S/C25H26O6/c1-30-18-4-2-17(3-5-18)24(29)31-20-7-6-19(23(27)28)22(26)21(20)25-11-14-8-15(12-25)10-16(9-14)13-25/h2-7,14-16,26H,8-13H2,1H3,(H,27,28). The van der Waals surface area contributed by atoms with Crippen molar-refractivity contribution < 1.29 is 29.3 Å². The molecular weight excluding hydrogens is 396 g/mol. The summed E-state index contributed by atoms with van der Waals surface area (Å²) < 4.78 is 10.9. The summed E-state index contributed by atoms with van der Waals surface area (Å²) in [4.78, 5) is 24.6. The Morgan fingerprint density at radius 2 is 1.52 bits per heavy atom. The Labute approximate surface area is 180 Å². The van der Waals surface area contributed by atoms with Gasteiger partial charge >= 0.3 is 11.9 Å². The van der Waals surface area contributed by atoms with Crippen molar-refractivity contribution in [1.29, 1.82) is 0 Å². The molecule has 0 unspecified atom stereocenters.